The predicted octanol–water partition coefficient (Wildman–Crippen LogP) is 5.00. The van der Waals surface area contributed by atoms with Gasteiger partial charge in [-0.05, 0) is 40.2 Å². The normalized spacial score (nSPS) is 10.0. The van der Waals surface area contributed by atoms with Gasteiger partial charge in [-0.3, -0.25) is 0 Å². The van der Waals surface area contributed by atoms with Crippen LogP contribution in [-0.2, 0) is 0 Å². The van der Waals surface area contributed by atoms with Crippen LogP contribution in [0, 0.1) is 0 Å². The fourth-order valence-corrected chi connectivity index (χ4v) is 2.25. The van der Waals surface area contributed by atoms with Gasteiger partial charge in [-0.15, -0.1) is 0 Å². The standard InChI is InChI=1S/C13H9Br2NS/c14-10-7-5-9(6-8-10)13(17)16-12-4-2-1-3-11(12)15/h1-8H,(H,16,17). The monoisotopic (exact) mass is 369 g/mol. The molecule has 0 aliphatic heterocycles. The number of thiocarbonyl (C=S) groups is 1. The molecule has 17 heavy (non-hydrogen) atoms. The summed E-state index contributed by atoms with van der Waals surface area (Å²) in [6, 6.07) is 15.8. The van der Waals surface area contributed by atoms with Crippen molar-refractivity contribution in [1.29, 1.82) is 0 Å². The molecule has 0 heterocycles. The summed E-state index contributed by atoms with van der Waals surface area (Å²) in [7, 11) is 0. The smallest absolute Gasteiger partial charge is 0.111 e. The number of hydrogen-bond acceptors (Lipinski definition) is 1. The Kier molecular flexibility index (Phi) is 4.31. The van der Waals surface area contributed by atoms with E-state index >= 15 is 0 Å². The maximum Gasteiger partial charge on any atom is 0.111 e. The molecular formula is C13H9Br2NS. The van der Waals surface area contributed by atoms with Crippen molar-refractivity contribution in [2.24, 2.45) is 0 Å². The average Bonchev–Trinajstić information content (AvgIpc) is 2.33. The Morgan fingerprint density at radius 2 is 1.59 bits per heavy atom. The summed E-state index contributed by atoms with van der Waals surface area (Å²) in [6.07, 6.45) is 0. The summed E-state index contributed by atoms with van der Waals surface area (Å²) >= 11 is 12.2. The molecule has 0 aliphatic rings. The van der Waals surface area contributed by atoms with Crippen LogP contribution < -0.4 is 5.32 Å². The first-order valence-corrected chi connectivity index (χ1v) is 6.98. The lowest BCUT2D eigenvalue weighted by molar-refractivity contribution is 1.57. The summed E-state index contributed by atoms with van der Waals surface area (Å²) in [6.45, 7) is 0. The largest absolute Gasteiger partial charge is 0.345 e. The van der Waals surface area contributed by atoms with Gasteiger partial charge in [0.2, 0.25) is 0 Å². The summed E-state index contributed by atoms with van der Waals surface area (Å²) in [5.74, 6) is 0. The van der Waals surface area contributed by atoms with Gasteiger partial charge in [0, 0.05) is 14.5 Å². The minimum Gasteiger partial charge on any atom is -0.345 e. The lowest BCUT2D eigenvalue weighted by atomic mass is 10.2. The Morgan fingerprint density at radius 1 is 0.941 bits per heavy atom. The van der Waals surface area contributed by atoms with Crippen molar-refractivity contribution in [1.82, 2.24) is 0 Å². The van der Waals surface area contributed by atoms with Crippen molar-refractivity contribution in [3.8, 4) is 0 Å². The molecular weight excluding hydrogens is 362 g/mol. The molecule has 0 atom stereocenters. The van der Waals surface area contributed by atoms with E-state index in [1.165, 1.54) is 0 Å². The van der Waals surface area contributed by atoms with Gasteiger partial charge < -0.3 is 5.32 Å². The molecule has 0 radical (unpaired) electrons. The highest BCUT2D eigenvalue weighted by Gasteiger charge is 2.03. The zero-order valence-corrected chi connectivity index (χ0v) is 12.8. The van der Waals surface area contributed by atoms with E-state index in [1.807, 2.05) is 48.5 Å². The van der Waals surface area contributed by atoms with Crippen LogP contribution in [0.4, 0.5) is 5.69 Å². The average molecular weight is 371 g/mol. The number of halogens is 2. The topological polar surface area (TPSA) is 12.0 Å². The van der Waals surface area contributed by atoms with E-state index in [1.54, 1.807) is 0 Å². The van der Waals surface area contributed by atoms with Gasteiger partial charge >= 0.3 is 0 Å². The van der Waals surface area contributed by atoms with Crippen LogP contribution in [-0.4, -0.2) is 4.99 Å². The molecule has 86 valence electrons. The number of para-hydroxylation sites is 1. The third-order valence-electron chi connectivity index (χ3n) is 2.23. The molecule has 0 fully saturated rings. The van der Waals surface area contributed by atoms with Crippen LogP contribution in [0.2, 0.25) is 0 Å². The number of anilines is 1. The molecule has 0 unspecified atom stereocenters. The van der Waals surface area contributed by atoms with Gasteiger partial charge in [-0.25, -0.2) is 0 Å². The first-order chi connectivity index (χ1) is 8.16. The lowest BCUT2D eigenvalue weighted by Crippen LogP contribution is -2.10. The summed E-state index contributed by atoms with van der Waals surface area (Å²) in [4.78, 5) is 0.712. The van der Waals surface area contributed by atoms with E-state index in [9.17, 15) is 0 Å². The first-order valence-electron chi connectivity index (χ1n) is 4.98. The van der Waals surface area contributed by atoms with Gasteiger partial charge in [0.15, 0.2) is 0 Å². The van der Waals surface area contributed by atoms with E-state index in [0.717, 1.165) is 20.2 Å². The van der Waals surface area contributed by atoms with E-state index in [-0.39, 0.29) is 0 Å². The van der Waals surface area contributed by atoms with Crippen molar-refractivity contribution in [2.75, 3.05) is 5.32 Å². The Bertz CT molecular complexity index is 537. The van der Waals surface area contributed by atoms with Gasteiger partial charge in [0.1, 0.15) is 4.99 Å². The number of rotatable bonds is 2. The van der Waals surface area contributed by atoms with Gasteiger partial charge in [-0.2, -0.15) is 0 Å². The van der Waals surface area contributed by atoms with Crippen LogP contribution in [0.15, 0.2) is 57.5 Å². The highest BCUT2D eigenvalue weighted by molar-refractivity contribution is 9.10. The van der Waals surface area contributed by atoms with Gasteiger partial charge in [0.25, 0.3) is 0 Å². The molecule has 0 aliphatic carbocycles. The summed E-state index contributed by atoms with van der Waals surface area (Å²) in [5, 5.41) is 3.22. The van der Waals surface area contributed by atoms with Crippen molar-refractivity contribution >= 4 is 54.8 Å². The second kappa shape index (κ2) is 5.76. The second-order valence-corrected chi connectivity index (χ2v) is 5.62. The van der Waals surface area contributed by atoms with Crippen molar-refractivity contribution in [3.05, 3.63) is 63.0 Å². The molecule has 1 nitrogen and oxygen atoms in total. The van der Waals surface area contributed by atoms with Gasteiger partial charge in [-0.1, -0.05) is 52.4 Å². The quantitative estimate of drug-likeness (QED) is 0.746. The van der Waals surface area contributed by atoms with Crippen LogP contribution >= 0.6 is 44.1 Å². The fraction of sp³-hybridized carbons (Fsp3) is 0. The molecule has 0 amide bonds. The maximum absolute atomic E-state index is 5.36. The lowest BCUT2D eigenvalue weighted by Gasteiger charge is -2.09. The number of nitrogens with one attached hydrogen (secondary N) is 1. The summed E-state index contributed by atoms with van der Waals surface area (Å²) < 4.78 is 2.05. The highest BCUT2D eigenvalue weighted by Crippen LogP contribution is 2.22. The van der Waals surface area contributed by atoms with E-state index < -0.39 is 0 Å². The Hall–Kier alpha value is -0.710. The van der Waals surface area contributed by atoms with E-state index in [4.69, 9.17) is 12.2 Å². The molecule has 0 bridgehead atoms. The third kappa shape index (κ3) is 3.37. The molecule has 0 saturated heterocycles. The second-order valence-electron chi connectivity index (χ2n) is 3.44. The predicted molar refractivity (Wildman–Crippen MR) is 83.6 cm³/mol. The molecule has 0 aromatic heterocycles. The minimum atomic E-state index is 0.712. The minimum absolute atomic E-state index is 0.712. The zero-order valence-electron chi connectivity index (χ0n) is 8.78. The highest BCUT2D eigenvalue weighted by atomic mass is 79.9. The molecule has 4 heteroatoms. The molecule has 0 saturated carbocycles. The Morgan fingerprint density at radius 3 is 2.24 bits per heavy atom. The first kappa shape index (κ1) is 12.7. The molecule has 0 spiro atoms. The van der Waals surface area contributed by atoms with E-state index in [2.05, 4.69) is 37.2 Å². The van der Waals surface area contributed by atoms with Crippen molar-refractivity contribution in [3.63, 3.8) is 0 Å². The zero-order chi connectivity index (χ0) is 12.3. The third-order valence-corrected chi connectivity index (χ3v) is 3.79. The van der Waals surface area contributed by atoms with Crippen molar-refractivity contribution < 1.29 is 0 Å². The van der Waals surface area contributed by atoms with Crippen LogP contribution in [0.1, 0.15) is 5.56 Å². The molecule has 2 aromatic carbocycles. The van der Waals surface area contributed by atoms with Crippen molar-refractivity contribution in [2.45, 2.75) is 0 Å². The van der Waals surface area contributed by atoms with Gasteiger partial charge in [0.05, 0.1) is 5.69 Å². The van der Waals surface area contributed by atoms with Crippen LogP contribution in [0.5, 0.6) is 0 Å². The maximum atomic E-state index is 5.36. The molecule has 2 rings (SSSR count). The fourth-order valence-electron chi connectivity index (χ4n) is 1.36. The van der Waals surface area contributed by atoms with Crippen LogP contribution in [0.25, 0.3) is 0 Å². The number of benzene rings is 2. The molecule has 1 N–H and O–H groups in total. The molecule has 2 aromatic rings. The Labute approximate surface area is 122 Å². The summed E-state index contributed by atoms with van der Waals surface area (Å²) in [5.41, 5.74) is 1.97. The van der Waals surface area contributed by atoms with E-state index in [0.29, 0.717) is 4.99 Å². The SMILES string of the molecule is S=C(Nc1ccccc1Br)c1ccc(Br)cc1. The van der Waals surface area contributed by atoms with Crippen LogP contribution in [0.3, 0.4) is 0 Å². The number of hydrogen-bond donors (Lipinski definition) is 1. The Balaban J connectivity index is 2.17.